The molecule has 2 nitrogen and oxygen atoms in total. The molecule has 1 rings (SSSR count). The first kappa shape index (κ1) is 9.83. The van der Waals surface area contributed by atoms with E-state index in [9.17, 15) is 0 Å². The van der Waals surface area contributed by atoms with Crippen LogP contribution in [0.4, 0.5) is 0 Å². The van der Waals surface area contributed by atoms with E-state index in [1.54, 1.807) is 11.3 Å². The second-order valence-electron chi connectivity index (χ2n) is 2.21. The summed E-state index contributed by atoms with van der Waals surface area (Å²) in [5.41, 5.74) is 11.5. The molecule has 1 aromatic rings. The van der Waals surface area contributed by atoms with E-state index in [0.29, 0.717) is 13.1 Å². The van der Waals surface area contributed by atoms with Crippen molar-refractivity contribution in [1.82, 2.24) is 0 Å². The monoisotopic (exact) mass is 190 g/mol. The van der Waals surface area contributed by atoms with Gasteiger partial charge in [-0.15, -0.1) is 11.3 Å². The SMILES string of the molecule is NCC#Cc1csc(C#CCN)c1. The van der Waals surface area contributed by atoms with Crippen LogP contribution in [-0.4, -0.2) is 13.1 Å². The van der Waals surface area contributed by atoms with E-state index in [0.717, 1.165) is 10.4 Å². The Morgan fingerprint density at radius 3 is 2.54 bits per heavy atom. The van der Waals surface area contributed by atoms with Gasteiger partial charge in [0.2, 0.25) is 0 Å². The second-order valence-corrected chi connectivity index (χ2v) is 3.12. The van der Waals surface area contributed by atoms with E-state index in [1.807, 2.05) is 11.4 Å². The lowest BCUT2D eigenvalue weighted by Crippen LogP contribution is -1.92. The molecule has 0 aliphatic heterocycles. The van der Waals surface area contributed by atoms with Gasteiger partial charge in [0, 0.05) is 10.9 Å². The van der Waals surface area contributed by atoms with Gasteiger partial charge in [0.15, 0.2) is 0 Å². The van der Waals surface area contributed by atoms with Crippen molar-refractivity contribution in [2.24, 2.45) is 11.5 Å². The third-order valence-electron chi connectivity index (χ3n) is 1.25. The summed E-state index contributed by atoms with van der Waals surface area (Å²) in [4.78, 5) is 0.992. The maximum Gasteiger partial charge on any atom is 0.0781 e. The van der Waals surface area contributed by atoms with Gasteiger partial charge in [-0.05, 0) is 6.07 Å². The van der Waals surface area contributed by atoms with Crippen LogP contribution in [0.2, 0.25) is 0 Å². The highest BCUT2D eigenvalue weighted by Crippen LogP contribution is 2.11. The summed E-state index contributed by atoms with van der Waals surface area (Å²) in [5.74, 6) is 11.5. The summed E-state index contributed by atoms with van der Waals surface area (Å²) >= 11 is 1.57. The summed E-state index contributed by atoms with van der Waals surface area (Å²) in [5, 5.41) is 1.96. The molecule has 0 spiro atoms. The summed E-state index contributed by atoms with van der Waals surface area (Å²) in [6.07, 6.45) is 0. The number of hydrogen-bond donors (Lipinski definition) is 2. The topological polar surface area (TPSA) is 52.0 Å². The summed E-state index contributed by atoms with van der Waals surface area (Å²) in [6.45, 7) is 0.779. The van der Waals surface area contributed by atoms with E-state index >= 15 is 0 Å². The minimum Gasteiger partial charge on any atom is -0.320 e. The van der Waals surface area contributed by atoms with Gasteiger partial charge >= 0.3 is 0 Å². The van der Waals surface area contributed by atoms with Crippen molar-refractivity contribution in [1.29, 1.82) is 0 Å². The van der Waals surface area contributed by atoms with Crippen LogP contribution in [0.15, 0.2) is 11.4 Å². The Bertz CT molecular complexity index is 348. The summed E-state index contributed by atoms with van der Waals surface area (Å²) in [6, 6.07) is 1.94. The molecule has 0 radical (unpaired) electrons. The van der Waals surface area contributed by atoms with Crippen LogP contribution in [0, 0.1) is 23.7 Å². The number of rotatable bonds is 0. The van der Waals surface area contributed by atoms with Crippen molar-refractivity contribution >= 4 is 11.3 Å². The predicted octanol–water partition coefficient (Wildman–Crippen LogP) is 0.368. The first-order valence-electron chi connectivity index (χ1n) is 3.83. The van der Waals surface area contributed by atoms with Crippen LogP contribution in [0.3, 0.4) is 0 Å². The van der Waals surface area contributed by atoms with Gasteiger partial charge in [0.05, 0.1) is 18.0 Å². The van der Waals surface area contributed by atoms with Crippen LogP contribution >= 0.6 is 11.3 Å². The lowest BCUT2D eigenvalue weighted by Gasteiger charge is -1.76. The molecule has 1 heterocycles. The molecule has 0 aliphatic rings. The maximum atomic E-state index is 5.25. The highest BCUT2D eigenvalue weighted by Gasteiger charge is 1.92. The van der Waals surface area contributed by atoms with Gasteiger partial charge < -0.3 is 11.5 Å². The highest BCUT2D eigenvalue weighted by atomic mass is 32.1. The largest absolute Gasteiger partial charge is 0.320 e. The smallest absolute Gasteiger partial charge is 0.0781 e. The lowest BCUT2D eigenvalue weighted by atomic mass is 10.3. The van der Waals surface area contributed by atoms with Crippen molar-refractivity contribution in [2.75, 3.05) is 13.1 Å². The molecule has 0 aliphatic carbocycles. The van der Waals surface area contributed by atoms with E-state index < -0.39 is 0 Å². The lowest BCUT2D eigenvalue weighted by molar-refractivity contribution is 1.30. The third-order valence-corrected chi connectivity index (χ3v) is 2.09. The summed E-state index contributed by atoms with van der Waals surface area (Å²) in [7, 11) is 0. The van der Waals surface area contributed by atoms with Gasteiger partial charge in [-0.1, -0.05) is 23.7 Å². The molecule has 0 bridgehead atoms. The van der Waals surface area contributed by atoms with Crippen LogP contribution in [0.1, 0.15) is 10.4 Å². The molecule has 0 fully saturated rings. The Morgan fingerprint density at radius 1 is 1.15 bits per heavy atom. The van der Waals surface area contributed by atoms with Gasteiger partial charge in [-0.25, -0.2) is 0 Å². The van der Waals surface area contributed by atoms with Crippen molar-refractivity contribution in [3.63, 3.8) is 0 Å². The van der Waals surface area contributed by atoms with Crippen molar-refractivity contribution in [2.45, 2.75) is 0 Å². The average molecular weight is 190 g/mol. The fraction of sp³-hybridized carbons (Fsp3) is 0.200. The first-order valence-corrected chi connectivity index (χ1v) is 4.71. The number of hydrogen-bond acceptors (Lipinski definition) is 3. The average Bonchev–Trinajstić information content (AvgIpc) is 2.59. The van der Waals surface area contributed by atoms with Crippen LogP contribution in [0.5, 0.6) is 0 Å². The second kappa shape index (κ2) is 5.40. The van der Waals surface area contributed by atoms with Crippen molar-refractivity contribution in [3.8, 4) is 23.7 Å². The van der Waals surface area contributed by atoms with E-state index in [1.165, 1.54) is 0 Å². The summed E-state index contributed by atoms with van der Waals surface area (Å²) < 4.78 is 0. The Morgan fingerprint density at radius 2 is 1.85 bits per heavy atom. The highest BCUT2D eigenvalue weighted by molar-refractivity contribution is 7.10. The molecular formula is C10H10N2S. The standard InChI is InChI=1S/C10H10N2S/c11-5-1-3-9-7-10(13-8-9)4-2-6-12/h7-8H,5-6,11-12H2. The molecule has 0 atom stereocenters. The van der Waals surface area contributed by atoms with Crippen LogP contribution < -0.4 is 11.5 Å². The Balaban J connectivity index is 2.75. The predicted molar refractivity (Wildman–Crippen MR) is 56.2 cm³/mol. The fourth-order valence-electron chi connectivity index (χ4n) is 0.759. The Hall–Kier alpha value is -1.26. The van der Waals surface area contributed by atoms with Gasteiger partial charge in [0.25, 0.3) is 0 Å². The van der Waals surface area contributed by atoms with Gasteiger partial charge in [-0.3, -0.25) is 0 Å². The first-order chi connectivity index (χ1) is 6.36. The molecular weight excluding hydrogens is 180 g/mol. The molecule has 0 saturated carbocycles. The zero-order chi connectivity index (χ0) is 9.52. The van der Waals surface area contributed by atoms with E-state index in [2.05, 4.69) is 23.7 Å². The normalized spacial score (nSPS) is 8.15. The van der Waals surface area contributed by atoms with E-state index in [4.69, 9.17) is 11.5 Å². The maximum absolute atomic E-state index is 5.25. The quantitative estimate of drug-likeness (QED) is 0.581. The molecule has 0 unspecified atom stereocenters. The molecule has 66 valence electrons. The van der Waals surface area contributed by atoms with Gasteiger partial charge in [-0.2, -0.15) is 0 Å². The molecule has 0 saturated heterocycles. The molecule has 13 heavy (non-hydrogen) atoms. The molecule has 0 amide bonds. The minimum atomic E-state index is 0.389. The third kappa shape index (κ3) is 3.31. The number of thiophene rings is 1. The van der Waals surface area contributed by atoms with Crippen molar-refractivity contribution < 1.29 is 0 Å². The Kier molecular flexibility index (Phi) is 4.08. The number of nitrogens with two attached hydrogens (primary N) is 2. The van der Waals surface area contributed by atoms with E-state index in [-0.39, 0.29) is 0 Å². The minimum absolute atomic E-state index is 0.389. The fourth-order valence-corrected chi connectivity index (χ4v) is 1.47. The Labute approximate surface area is 81.9 Å². The molecule has 1 aromatic heterocycles. The van der Waals surface area contributed by atoms with Crippen molar-refractivity contribution in [3.05, 3.63) is 21.9 Å². The van der Waals surface area contributed by atoms with Crippen LogP contribution in [0.25, 0.3) is 0 Å². The molecule has 0 aromatic carbocycles. The van der Waals surface area contributed by atoms with Gasteiger partial charge in [0.1, 0.15) is 0 Å². The van der Waals surface area contributed by atoms with Crippen LogP contribution in [-0.2, 0) is 0 Å². The molecule has 3 heteroatoms. The zero-order valence-corrected chi connectivity index (χ0v) is 7.95. The molecule has 4 N–H and O–H groups in total. The zero-order valence-electron chi connectivity index (χ0n) is 7.13.